The second-order valence-corrected chi connectivity index (χ2v) is 7.33. The molecule has 138 valence electrons. The second kappa shape index (κ2) is 8.24. The Morgan fingerprint density at radius 1 is 0.962 bits per heavy atom. The van der Waals surface area contributed by atoms with E-state index in [0.717, 1.165) is 31.5 Å². The van der Waals surface area contributed by atoms with Gasteiger partial charge >= 0.3 is 0 Å². The highest BCUT2D eigenvalue weighted by Gasteiger charge is 2.51. The van der Waals surface area contributed by atoms with Crippen LogP contribution in [0.2, 0.25) is 0 Å². The zero-order valence-corrected chi connectivity index (χ0v) is 15.9. The van der Waals surface area contributed by atoms with Crippen LogP contribution < -0.4 is 5.32 Å². The van der Waals surface area contributed by atoms with E-state index in [9.17, 15) is 4.79 Å². The predicted octanol–water partition coefficient (Wildman–Crippen LogP) is 4.09. The summed E-state index contributed by atoms with van der Waals surface area (Å²) >= 11 is 0. The lowest BCUT2D eigenvalue weighted by molar-refractivity contribution is -0.123. The van der Waals surface area contributed by atoms with Crippen LogP contribution >= 0.6 is 12.4 Å². The largest absolute Gasteiger partial charge is 0.353 e. The standard InChI is InChI=1S/C22H26N2O.ClH/c25-21(22(13-14-22)19-11-5-2-6-12-19)23-17-20(24-15-7-8-16-24)18-9-3-1-4-10-18;/h1-6,9-12,20H,7-8,13-17H2,(H,23,25);1H. The lowest BCUT2D eigenvalue weighted by atomic mass is 9.95. The van der Waals surface area contributed by atoms with Gasteiger partial charge in [-0.1, -0.05) is 60.7 Å². The molecule has 3 nitrogen and oxygen atoms in total. The number of carbonyl (C=O) groups is 1. The summed E-state index contributed by atoms with van der Waals surface area (Å²) in [4.78, 5) is 15.5. The number of nitrogens with one attached hydrogen (secondary N) is 1. The SMILES string of the molecule is Cl.O=C(NCC(c1ccccc1)N1CCCC1)C1(c2ccccc2)CC1. The summed E-state index contributed by atoms with van der Waals surface area (Å²) in [6.45, 7) is 2.94. The third-order valence-corrected chi connectivity index (χ3v) is 5.73. The van der Waals surface area contributed by atoms with Gasteiger partial charge in [0.2, 0.25) is 5.91 Å². The van der Waals surface area contributed by atoms with Crippen molar-refractivity contribution in [3.8, 4) is 0 Å². The number of hydrogen-bond acceptors (Lipinski definition) is 2. The van der Waals surface area contributed by atoms with Gasteiger partial charge in [0.05, 0.1) is 11.5 Å². The molecule has 1 amide bonds. The molecule has 0 bridgehead atoms. The minimum Gasteiger partial charge on any atom is -0.353 e. The van der Waals surface area contributed by atoms with Crippen molar-refractivity contribution in [3.63, 3.8) is 0 Å². The van der Waals surface area contributed by atoms with Gasteiger partial charge in [0, 0.05) is 6.54 Å². The van der Waals surface area contributed by atoms with Crippen molar-refractivity contribution in [2.45, 2.75) is 37.1 Å². The van der Waals surface area contributed by atoms with Crippen LogP contribution in [0.3, 0.4) is 0 Å². The molecule has 4 heteroatoms. The molecule has 4 rings (SSSR count). The Morgan fingerprint density at radius 2 is 1.54 bits per heavy atom. The first-order valence-corrected chi connectivity index (χ1v) is 9.42. The van der Waals surface area contributed by atoms with Crippen molar-refractivity contribution in [3.05, 3.63) is 71.8 Å². The molecule has 1 aliphatic heterocycles. The van der Waals surface area contributed by atoms with Crippen molar-refractivity contribution in [2.75, 3.05) is 19.6 Å². The van der Waals surface area contributed by atoms with Crippen LogP contribution in [0.25, 0.3) is 0 Å². The highest BCUT2D eigenvalue weighted by Crippen LogP contribution is 2.48. The number of amides is 1. The van der Waals surface area contributed by atoms with Crippen molar-refractivity contribution >= 4 is 18.3 Å². The monoisotopic (exact) mass is 370 g/mol. The molecule has 1 aliphatic carbocycles. The molecule has 1 saturated carbocycles. The Morgan fingerprint density at radius 3 is 2.12 bits per heavy atom. The number of nitrogens with zero attached hydrogens (tertiary/aromatic N) is 1. The maximum absolute atomic E-state index is 12.9. The molecule has 1 atom stereocenters. The third kappa shape index (κ3) is 3.79. The molecular weight excluding hydrogens is 344 g/mol. The van der Waals surface area contributed by atoms with Crippen molar-refractivity contribution < 1.29 is 4.79 Å². The molecule has 0 spiro atoms. The van der Waals surface area contributed by atoms with Crippen LogP contribution in [0.4, 0.5) is 0 Å². The molecule has 2 aromatic carbocycles. The number of benzene rings is 2. The predicted molar refractivity (Wildman–Crippen MR) is 108 cm³/mol. The smallest absolute Gasteiger partial charge is 0.230 e. The highest BCUT2D eigenvalue weighted by molar-refractivity contribution is 5.91. The van der Waals surface area contributed by atoms with Crippen LogP contribution in [0.1, 0.15) is 42.9 Å². The van der Waals surface area contributed by atoms with E-state index in [4.69, 9.17) is 0 Å². The first kappa shape index (κ1) is 18.9. The van der Waals surface area contributed by atoms with Gasteiger partial charge in [-0.05, 0) is 49.9 Å². The summed E-state index contributed by atoms with van der Waals surface area (Å²) in [6.07, 6.45) is 4.43. The fraction of sp³-hybridized carbons (Fsp3) is 0.409. The number of likely N-dealkylation sites (tertiary alicyclic amines) is 1. The van der Waals surface area contributed by atoms with Crippen LogP contribution in [0.5, 0.6) is 0 Å². The fourth-order valence-corrected chi connectivity index (χ4v) is 4.07. The maximum atomic E-state index is 12.9. The summed E-state index contributed by atoms with van der Waals surface area (Å²) < 4.78 is 0. The Balaban J connectivity index is 0.00000196. The Hall–Kier alpha value is -1.84. The highest BCUT2D eigenvalue weighted by atomic mass is 35.5. The molecule has 26 heavy (non-hydrogen) atoms. The molecule has 1 heterocycles. The molecular formula is C22H27ClN2O. The van der Waals surface area contributed by atoms with Crippen LogP contribution in [-0.2, 0) is 10.2 Å². The number of rotatable bonds is 6. The summed E-state index contributed by atoms with van der Waals surface area (Å²) in [5.41, 5.74) is 2.17. The summed E-state index contributed by atoms with van der Waals surface area (Å²) in [7, 11) is 0. The Labute approximate surface area is 162 Å². The van der Waals surface area contributed by atoms with E-state index in [0.29, 0.717) is 6.54 Å². The van der Waals surface area contributed by atoms with E-state index >= 15 is 0 Å². The average Bonchev–Trinajstić information content (AvgIpc) is 3.32. The van der Waals surface area contributed by atoms with E-state index in [-0.39, 0.29) is 29.8 Å². The lowest BCUT2D eigenvalue weighted by Gasteiger charge is -2.29. The molecule has 0 aromatic heterocycles. The zero-order valence-electron chi connectivity index (χ0n) is 15.1. The van der Waals surface area contributed by atoms with E-state index in [1.807, 2.05) is 18.2 Å². The van der Waals surface area contributed by atoms with Crippen molar-refractivity contribution in [2.24, 2.45) is 0 Å². The zero-order chi connectivity index (χ0) is 17.1. The average molecular weight is 371 g/mol. The van der Waals surface area contributed by atoms with Gasteiger partial charge in [-0.3, -0.25) is 9.69 Å². The summed E-state index contributed by atoms with van der Waals surface area (Å²) in [5.74, 6) is 0.193. The van der Waals surface area contributed by atoms with E-state index in [1.165, 1.54) is 18.4 Å². The normalized spacial score (nSPS) is 19.4. The first-order chi connectivity index (χ1) is 12.3. The quantitative estimate of drug-likeness (QED) is 0.830. The van der Waals surface area contributed by atoms with Gasteiger partial charge in [0.25, 0.3) is 0 Å². The third-order valence-electron chi connectivity index (χ3n) is 5.73. The van der Waals surface area contributed by atoms with E-state index in [1.54, 1.807) is 0 Å². The van der Waals surface area contributed by atoms with Gasteiger partial charge in [-0.25, -0.2) is 0 Å². The lowest BCUT2D eigenvalue weighted by Crippen LogP contribution is -2.41. The van der Waals surface area contributed by atoms with Crippen LogP contribution in [0, 0.1) is 0 Å². The second-order valence-electron chi connectivity index (χ2n) is 7.33. The molecule has 0 radical (unpaired) electrons. The summed E-state index contributed by atoms with van der Waals surface area (Å²) in [6, 6.07) is 21.1. The molecule has 2 aliphatic rings. The van der Waals surface area contributed by atoms with Crippen LogP contribution in [0.15, 0.2) is 60.7 Å². The minimum atomic E-state index is -0.284. The van der Waals surface area contributed by atoms with Gasteiger partial charge in [-0.2, -0.15) is 0 Å². The summed E-state index contributed by atoms with van der Waals surface area (Å²) in [5, 5.41) is 3.28. The molecule has 1 saturated heterocycles. The number of hydrogen-bond donors (Lipinski definition) is 1. The Bertz CT molecular complexity index is 709. The van der Waals surface area contributed by atoms with Crippen molar-refractivity contribution in [1.29, 1.82) is 0 Å². The maximum Gasteiger partial charge on any atom is 0.230 e. The van der Waals surface area contributed by atoms with E-state index < -0.39 is 0 Å². The molecule has 1 unspecified atom stereocenters. The minimum absolute atomic E-state index is 0. The van der Waals surface area contributed by atoms with Gasteiger partial charge in [-0.15, -0.1) is 12.4 Å². The Kier molecular flexibility index (Phi) is 6.00. The van der Waals surface area contributed by atoms with Gasteiger partial charge < -0.3 is 5.32 Å². The van der Waals surface area contributed by atoms with E-state index in [2.05, 4.69) is 52.7 Å². The van der Waals surface area contributed by atoms with Gasteiger partial charge in [0.1, 0.15) is 0 Å². The molecule has 2 fully saturated rings. The fourth-order valence-electron chi connectivity index (χ4n) is 4.07. The number of halogens is 1. The molecule has 2 aromatic rings. The van der Waals surface area contributed by atoms with Crippen LogP contribution in [-0.4, -0.2) is 30.4 Å². The number of carbonyl (C=O) groups excluding carboxylic acids is 1. The topological polar surface area (TPSA) is 32.3 Å². The van der Waals surface area contributed by atoms with Gasteiger partial charge in [0.15, 0.2) is 0 Å². The first-order valence-electron chi connectivity index (χ1n) is 9.42. The molecule has 1 N–H and O–H groups in total. The van der Waals surface area contributed by atoms with Crippen molar-refractivity contribution in [1.82, 2.24) is 10.2 Å².